The lowest BCUT2D eigenvalue weighted by Gasteiger charge is -2.47. The van der Waals surface area contributed by atoms with Crippen LogP contribution in [0.2, 0.25) is 0 Å². The maximum absolute atomic E-state index is 15.1. The van der Waals surface area contributed by atoms with E-state index in [1.807, 2.05) is 0 Å². The first-order valence-electron chi connectivity index (χ1n) is 11.1. The van der Waals surface area contributed by atoms with Crippen LogP contribution in [0.25, 0.3) is 0 Å². The summed E-state index contributed by atoms with van der Waals surface area (Å²) in [4.78, 5) is -0.448. The van der Waals surface area contributed by atoms with Crippen molar-refractivity contribution in [3.8, 4) is 0 Å². The Bertz CT molecular complexity index is 1330. The minimum atomic E-state index is -4.68. The van der Waals surface area contributed by atoms with Crippen LogP contribution >= 0.6 is 0 Å². The fraction of sp³-hybridized carbons (Fsp3) is 0.478. The van der Waals surface area contributed by atoms with Crippen LogP contribution < -0.4 is 4.72 Å². The number of hydrogen-bond acceptors (Lipinski definition) is 4. The number of alkyl halides is 3. The van der Waals surface area contributed by atoms with Crippen molar-refractivity contribution in [1.82, 2.24) is 4.72 Å². The molecule has 2 aromatic rings. The standard InChI is InChI=1S/C23H24F5NO4S2/c1-2-17-11-14-13-22(10-9-21(14)29-35(17,32)33,19-12-16(24)5-8-20(19)25)34(30,31)18-6-3-15(4-7-18)23(26,27)28/h3-8,12,14,17,21,29H,2,9-11,13H2,1H3/t14-,17-,21+,22-/m0/s1. The Hall–Kier alpha value is -2.05. The molecule has 0 radical (unpaired) electrons. The zero-order valence-electron chi connectivity index (χ0n) is 18.6. The summed E-state index contributed by atoms with van der Waals surface area (Å²) in [6.45, 7) is 1.69. The van der Waals surface area contributed by atoms with Gasteiger partial charge in [-0.05, 0) is 80.5 Å². The maximum Gasteiger partial charge on any atom is 0.416 e. The number of sulfone groups is 1. The average Bonchev–Trinajstić information content (AvgIpc) is 2.79. The van der Waals surface area contributed by atoms with Gasteiger partial charge in [0.05, 0.1) is 15.7 Å². The molecule has 0 spiro atoms. The molecule has 0 unspecified atom stereocenters. The molecule has 35 heavy (non-hydrogen) atoms. The van der Waals surface area contributed by atoms with Crippen molar-refractivity contribution in [3.63, 3.8) is 0 Å². The number of nitrogens with one attached hydrogen (secondary N) is 1. The third kappa shape index (κ3) is 4.48. The van der Waals surface area contributed by atoms with E-state index in [9.17, 15) is 34.4 Å². The summed E-state index contributed by atoms with van der Waals surface area (Å²) in [6.07, 6.45) is -4.67. The van der Waals surface area contributed by atoms with Gasteiger partial charge in [0.15, 0.2) is 9.84 Å². The number of benzene rings is 2. The van der Waals surface area contributed by atoms with Gasteiger partial charge in [0, 0.05) is 11.6 Å². The SMILES string of the molecule is CC[C@H]1C[C@H]2C[C@@](c3cc(F)ccc3F)(S(=O)(=O)c3ccc(C(F)(F)F)cc3)CC[C@H]2NS1(=O)=O. The summed E-state index contributed by atoms with van der Waals surface area (Å²) in [5.74, 6) is -2.31. The van der Waals surface area contributed by atoms with Gasteiger partial charge in [-0.2, -0.15) is 13.2 Å². The van der Waals surface area contributed by atoms with E-state index in [0.29, 0.717) is 12.1 Å². The van der Waals surface area contributed by atoms with Gasteiger partial charge in [0.2, 0.25) is 10.0 Å². The smallest absolute Gasteiger partial charge is 0.223 e. The summed E-state index contributed by atoms with van der Waals surface area (Å²) in [5, 5.41) is -0.773. The predicted octanol–water partition coefficient (Wildman–Crippen LogP) is 4.92. The van der Waals surface area contributed by atoms with E-state index < -0.39 is 75.7 Å². The summed E-state index contributed by atoms with van der Waals surface area (Å²) < 4.78 is 122. The van der Waals surface area contributed by atoms with Gasteiger partial charge < -0.3 is 0 Å². The Morgan fingerprint density at radius 2 is 1.74 bits per heavy atom. The first-order valence-corrected chi connectivity index (χ1v) is 14.1. The lowest BCUT2D eigenvalue weighted by atomic mass is 9.72. The van der Waals surface area contributed by atoms with E-state index in [1.54, 1.807) is 6.92 Å². The minimum absolute atomic E-state index is 0.0378. The second kappa shape index (κ2) is 8.81. The van der Waals surface area contributed by atoms with Gasteiger partial charge in [0.25, 0.3) is 0 Å². The van der Waals surface area contributed by atoms with Crippen LogP contribution in [-0.4, -0.2) is 28.1 Å². The highest BCUT2D eigenvalue weighted by Gasteiger charge is 2.55. The van der Waals surface area contributed by atoms with Gasteiger partial charge in [-0.15, -0.1) is 0 Å². The lowest BCUT2D eigenvalue weighted by molar-refractivity contribution is -0.137. The maximum atomic E-state index is 15.1. The fourth-order valence-electron chi connectivity index (χ4n) is 5.38. The van der Waals surface area contributed by atoms with Crippen LogP contribution in [0.1, 0.15) is 50.2 Å². The van der Waals surface area contributed by atoms with Crippen LogP contribution in [0.15, 0.2) is 47.4 Å². The van der Waals surface area contributed by atoms with E-state index in [4.69, 9.17) is 0 Å². The van der Waals surface area contributed by atoms with Crippen molar-refractivity contribution in [2.45, 2.75) is 66.1 Å². The zero-order chi connectivity index (χ0) is 25.8. The molecule has 2 aromatic carbocycles. The van der Waals surface area contributed by atoms with Crippen LogP contribution in [0.4, 0.5) is 22.0 Å². The molecular formula is C23H24F5NO4S2. The lowest BCUT2D eigenvalue weighted by Crippen LogP contribution is -2.57. The minimum Gasteiger partial charge on any atom is -0.223 e. The average molecular weight is 538 g/mol. The molecule has 0 aromatic heterocycles. The van der Waals surface area contributed by atoms with Crippen LogP contribution in [-0.2, 0) is 30.8 Å². The van der Waals surface area contributed by atoms with Crippen molar-refractivity contribution in [3.05, 3.63) is 65.2 Å². The van der Waals surface area contributed by atoms with Crippen molar-refractivity contribution in [2.24, 2.45) is 5.92 Å². The molecule has 1 heterocycles. The fourth-order valence-corrected chi connectivity index (χ4v) is 9.46. The van der Waals surface area contributed by atoms with Gasteiger partial charge in [0.1, 0.15) is 16.4 Å². The van der Waals surface area contributed by atoms with Gasteiger partial charge in [-0.3, -0.25) is 0 Å². The molecule has 2 aliphatic rings. The number of sulfonamides is 1. The van der Waals surface area contributed by atoms with E-state index in [-0.39, 0.29) is 32.1 Å². The van der Waals surface area contributed by atoms with Crippen molar-refractivity contribution >= 4 is 19.9 Å². The Kier molecular flexibility index (Phi) is 6.55. The number of hydrogen-bond donors (Lipinski definition) is 1. The third-order valence-electron chi connectivity index (χ3n) is 7.22. The van der Waals surface area contributed by atoms with Crippen molar-refractivity contribution in [2.75, 3.05) is 0 Å². The monoisotopic (exact) mass is 537 g/mol. The molecule has 12 heteroatoms. The highest BCUT2D eigenvalue weighted by molar-refractivity contribution is 7.92. The summed E-state index contributed by atoms with van der Waals surface area (Å²) in [5.41, 5.74) is -1.45. The van der Waals surface area contributed by atoms with Gasteiger partial charge in [-0.25, -0.2) is 30.3 Å². The molecule has 1 N–H and O–H groups in total. The predicted molar refractivity (Wildman–Crippen MR) is 119 cm³/mol. The van der Waals surface area contributed by atoms with E-state index in [2.05, 4.69) is 4.72 Å². The van der Waals surface area contributed by atoms with E-state index in [0.717, 1.165) is 30.3 Å². The topological polar surface area (TPSA) is 80.3 Å². The summed E-state index contributed by atoms with van der Waals surface area (Å²) in [6, 6.07) is 4.82. The molecule has 1 saturated heterocycles. The summed E-state index contributed by atoms with van der Waals surface area (Å²) >= 11 is 0. The number of halogens is 5. The zero-order valence-corrected chi connectivity index (χ0v) is 20.3. The highest BCUT2D eigenvalue weighted by atomic mass is 32.2. The van der Waals surface area contributed by atoms with Crippen LogP contribution in [0.3, 0.4) is 0 Å². The molecule has 1 aliphatic heterocycles. The normalized spacial score (nSPS) is 28.9. The number of rotatable bonds is 4. The molecule has 0 amide bonds. The quantitative estimate of drug-likeness (QED) is 0.562. The molecule has 192 valence electrons. The highest BCUT2D eigenvalue weighted by Crippen LogP contribution is 2.52. The Labute approximate surface area is 200 Å². The molecule has 2 fully saturated rings. The first-order chi connectivity index (χ1) is 16.2. The van der Waals surface area contributed by atoms with Crippen molar-refractivity contribution in [1.29, 1.82) is 0 Å². The molecule has 1 saturated carbocycles. The molecule has 5 nitrogen and oxygen atoms in total. The molecule has 0 bridgehead atoms. The van der Waals surface area contributed by atoms with Crippen LogP contribution in [0.5, 0.6) is 0 Å². The Morgan fingerprint density at radius 3 is 2.34 bits per heavy atom. The Balaban J connectivity index is 1.85. The molecular weight excluding hydrogens is 513 g/mol. The van der Waals surface area contributed by atoms with E-state index in [1.165, 1.54) is 0 Å². The molecule has 4 rings (SSSR count). The number of fused-ring (bicyclic) bond motifs is 1. The van der Waals surface area contributed by atoms with Crippen molar-refractivity contribution < 1.29 is 38.8 Å². The molecule has 1 aliphatic carbocycles. The van der Waals surface area contributed by atoms with Crippen LogP contribution in [0, 0.1) is 17.6 Å². The van der Waals surface area contributed by atoms with Gasteiger partial charge in [-0.1, -0.05) is 6.92 Å². The first kappa shape index (κ1) is 26.0. The third-order valence-corrected chi connectivity index (χ3v) is 11.8. The van der Waals surface area contributed by atoms with Gasteiger partial charge >= 0.3 is 6.18 Å². The van der Waals surface area contributed by atoms with E-state index >= 15 is 4.39 Å². The second-order valence-corrected chi connectivity index (χ2v) is 13.4. The molecule has 4 atom stereocenters. The Morgan fingerprint density at radius 1 is 1.09 bits per heavy atom. The summed E-state index contributed by atoms with van der Waals surface area (Å²) in [7, 11) is -8.14. The second-order valence-electron chi connectivity index (χ2n) is 9.18. The largest absolute Gasteiger partial charge is 0.416 e.